The molecule has 0 atom stereocenters. The molecule has 0 unspecified atom stereocenters. The van der Waals surface area contributed by atoms with Crippen LogP contribution in [0.3, 0.4) is 0 Å². The molecule has 0 aromatic heterocycles. The zero-order valence-corrected chi connectivity index (χ0v) is 18.5. The van der Waals surface area contributed by atoms with E-state index in [4.69, 9.17) is 39.0 Å². The van der Waals surface area contributed by atoms with E-state index in [0.717, 1.165) is 25.7 Å². The Balaban J connectivity index is 3.38. The summed E-state index contributed by atoms with van der Waals surface area (Å²) in [6, 6.07) is 7.38. The number of nitrogens with zero attached hydrogens (tertiary/aromatic N) is 4. The molecule has 0 aliphatic heterocycles. The molecule has 1 rings (SSSR count). The highest BCUT2D eigenvalue weighted by Gasteiger charge is 2.27. The third-order valence-electron chi connectivity index (χ3n) is 4.01. The van der Waals surface area contributed by atoms with Crippen molar-refractivity contribution in [2.24, 2.45) is 0 Å². The third kappa shape index (κ3) is 6.35. The van der Waals surface area contributed by atoms with E-state index < -0.39 is 15.6 Å². The first-order chi connectivity index (χ1) is 13.8. The van der Waals surface area contributed by atoms with Crippen LogP contribution in [0.15, 0.2) is 28.3 Å². The summed E-state index contributed by atoms with van der Waals surface area (Å²) in [6.07, 6.45) is 3.13. The normalized spacial score (nSPS) is 10.7. The van der Waals surface area contributed by atoms with Gasteiger partial charge in [-0.25, -0.2) is 8.42 Å². The molecule has 0 fully saturated rings. The third-order valence-corrected chi connectivity index (χ3v) is 6.68. The standard InChI is InChI=1S/C19H21Cl2N5O2S/c1-3-5-7-26(8-6-4-2)29(27,28)19-10-15(20)17(9-16(19)21)25-18(13-24)14(11-22)12-23/h9-10,25H,3-8H2,1-2H3. The zero-order valence-electron chi connectivity index (χ0n) is 16.2. The topological polar surface area (TPSA) is 121 Å². The highest BCUT2D eigenvalue weighted by atomic mass is 35.5. The number of halogens is 2. The van der Waals surface area contributed by atoms with Crippen LogP contribution in [0.1, 0.15) is 39.5 Å². The number of rotatable bonds is 10. The minimum atomic E-state index is -3.87. The number of hydrogen-bond acceptors (Lipinski definition) is 6. The summed E-state index contributed by atoms with van der Waals surface area (Å²) in [7, 11) is -3.87. The predicted molar refractivity (Wildman–Crippen MR) is 113 cm³/mol. The molecule has 1 aromatic rings. The van der Waals surface area contributed by atoms with Crippen molar-refractivity contribution in [2.75, 3.05) is 18.4 Å². The summed E-state index contributed by atoms with van der Waals surface area (Å²) in [6.45, 7) is 4.71. The van der Waals surface area contributed by atoms with E-state index in [9.17, 15) is 8.42 Å². The van der Waals surface area contributed by atoms with Crippen molar-refractivity contribution in [2.45, 2.75) is 44.4 Å². The van der Waals surface area contributed by atoms with Gasteiger partial charge in [-0.1, -0.05) is 49.9 Å². The Morgan fingerprint density at radius 1 is 1.00 bits per heavy atom. The first-order valence-electron chi connectivity index (χ1n) is 8.97. The van der Waals surface area contributed by atoms with Crippen LogP contribution in [0, 0.1) is 34.0 Å². The van der Waals surface area contributed by atoms with E-state index in [-0.39, 0.29) is 26.3 Å². The van der Waals surface area contributed by atoms with E-state index in [1.165, 1.54) is 16.4 Å². The van der Waals surface area contributed by atoms with Gasteiger partial charge in [0.15, 0.2) is 5.57 Å². The number of allylic oxidation sites excluding steroid dienone is 2. The fraction of sp³-hybridized carbons (Fsp3) is 0.421. The molecule has 0 heterocycles. The monoisotopic (exact) mass is 453 g/mol. The fourth-order valence-electron chi connectivity index (χ4n) is 2.40. The maximum absolute atomic E-state index is 13.1. The Bertz CT molecular complexity index is 977. The van der Waals surface area contributed by atoms with Gasteiger partial charge in [-0.15, -0.1) is 0 Å². The fourth-order valence-corrected chi connectivity index (χ4v) is 4.72. The van der Waals surface area contributed by atoms with Crippen molar-refractivity contribution < 1.29 is 8.42 Å². The van der Waals surface area contributed by atoms with Crippen LogP contribution in [0.25, 0.3) is 0 Å². The molecule has 7 nitrogen and oxygen atoms in total. The molecular weight excluding hydrogens is 433 g/mol. The van der Waals surface area contributed by atoms with E-state index in [1.807, 2.05) is 13.8 Å². The van der Waals surface area contributed by atoms with Crippen molar-refractivity contribution in [3.05, 3.63) is 33.4 Å². The number of nitriles is 3. The molecule has 0 saturated carbocycles. The van der Waals surface area contributed by atoms with Gasteiger partial charge in [0.05, 0.1) is 15.7 Å². The SMILES string of the molecule is CCCCN(CCCC)S(=O)(=O)c1cc(Cl)c(NC(C#N)=C(C#N)C#N)cc1Cl. The molecule has 0 aliphatic rings. The lowest BCUT2D eigenvalue weighted by Crippen LogP contribution is -2.33. The molecule has 0 spiro atoms. The Morgan fingerprint density at radius 3 is 2.00 bits per heavy atom. The second-order valence-electron chi connectivity index (χ2n) is 6.08. The van der Waals surface area contributed by atoms with Crippen molar-refractivity contribution in [3.8, 4) is 18.2 Å². The van der Waals surface area contributed by atoms with E-state index in [1.54, 1.807) is 18.2 Å². The highest BCUT2D eigenvalue weighted by Crippen LogP contribution is 2.34. The lowest BCUT2D eigenvalue weighted by Gasteiger charge is -2.23. The maximum atomic E-state index is 13.1. The van der Waals surface area contributed by atoms with Gasteiger partial charge < -0.3 is 5.32 Å². The first-order valence-corrected chi connectivity index (χ1v) is 11.2. The van der Waals surface area contributed by atoms with Crippen LogP contribution in [-0.4, -0.2) is 25.8 Å². The van der Waals surface area contributed by atoms with Crippen LogP contribution in [-0.2, 0) is 10.0 Å². The number of nitrogens with one attached hydrogen (secondary N) is 1. The molecule has 1 N–H and O–H groups in total. The lowest BCUT2D eigenvalue weighted by atomic mass is 10.2. The smallest absolute Gasteiger partial charge is 0.244 e. The summed E-state index contributed by atoms with van der Waals surface area (Å²) in [5.41, 5.74) is -0.624. The molecular formula is C19H21Cl2N5O2S. The predicted octanol–water partition coefficient (Wildman–Crippen LogP) is 4.82. The Labute approximate surface area is 181 Å². The largest absolute Gasteiger partial charge is 0.344 e. The number of sulfonamides is 1. The zero-order chi connectivity index (χ0) is 22.0. The van der Waals surface area contributed by atoms with Crippen molar-refractivity contribution in [1.82, 2.24) is 4.31 Å². The van der Waals surface area contributed by atoms with Gasteiger partial charge in [-0.05, 0) is 25.0 Å². The molecule has 0 saturated heterocycles. The van der Waals surface area contributed by atoms with Gasteiger partial charge in [0.2, 0.25) is 10.0 Å². The second-order valence-corrected chi connectivity index (χ2v) is 8.80. The Kier molecular flexibility index (Phi) is 9.95. The average Bonchev–Trinajstić information content (AvgIpc) is 2.69. The summed E-state index contributed by atoms with van der Waals surface area (Å²) in [5, 5.41) is 29.5. The first kappa shape index (κ1) is 24.8. The van der Waals surface area contributed by atoms with Gasteiger partial charge in [0.1, 0.15) is 28.8 Å². The lowest BCUT2D eigenvalue weighted by molar-refractivity contribution is 0.395. The van der Waals surface area contributed by atoms with Crippen molar-refractivity contribution >= 4 is 38.9 Å². The highest BCUT2D eigenvalue weighted by molar-refractivity contribution is 7.89. The molecule has 29 heavy (non-hydrogen) atoms. The molecule has 0 bridgehead atoms. The second kappa shape index (κ2) is 11.7. The van der Waals surface area contributed by atoms with Gasteiger partial charge in [-0.2, -0.15) is 20.1 Å². The Morgan fingerprint density at radius 2 is 1.55 bits per heavy atom. The number of anilines is 1. The molecule has 154 valence electrons. The van der Waals surface area contributed by atoms with Crippen LogP contribution in [0.2, 0.25) is 10.0 Å². The molecule has 0 amide bonds. The molecule has 0 radical (unpaired) electrons. The molecule has 10 heteroatoms. The van der Waals surface area contributed by atoms with Crippen LogP contribution in [0.4, 0.5) is 5.69 Å². The van der Waals surface area contributed by atoms with E-state index in [2.05, 4.69) is 5.32 Å². The minimum absolute atomic E-state index is 0.0121. The summed E-state index contributed by atoms with van der Waals surface area (Å²) in [4.78, 5) is -0.134. The van der Waals surface area contributed by atoms with E-state index in [0.29, 0.717) is 13.1 Å². The summed E-state index contributed by atoms with van der Waals surface area (Å²) >= 11 is 12.4. The maximum Gasteiger partial charge on any atom is 0.244 e. The number of unbranched alkanes of at least 4 members (excludes halogenated alkanes) is 2. The van der Waals surface area contributed by atoms with Gasteiger partial charge >= 0.3 is 0 Å². The van der Waals surface area contributed by atoms with Crippen LogP contribution < -0.4 is 5.32 Å². The molecule has 0 aliphatic carbocycles. The average molecular weight is 454 g/mol. The van der Waals surface area contributed by atoms with E-state index >= 15 is 0 Å². The van der Waals surface area contributed by atoms with Crippen LogP contribution in [0.5, 0.6) is 0 Å². The van der Waals surface area contributed by atoms with Gasteiger partial charge in [-0.3, -0.25) is 0 Å². The number of hydrogen-bond donors (Lipinski definition) is 1. The quantitative estimate of drug-likeness (QED) is 0.506. The van der Waals surface area contributed by atoms with Crippen molar-refractivity contribution in [3.63, 3.8) is 0 Å². The minimum Gasteiger partial charge on any atom is -0.344 e. The van der Waals surface area contributed by atoms with Crippen LogP contribution >= 0.6 is 23.2 Å². The van der Waals surface area contributed by atoms with Gasteiger partial charge in [0, 0.05) is 13.1 Å². The number of benzene rings is 1. The Hall–Kier alpha value is -2.28. The molecule has 1 aromatic carbocycles. The summed E-state index contributed by atoms with van der Waals surface area (Å²) in [5.74, 6) is 0. The van der Waals surface area contributed by atoms with Gasteiger partial charge in [0.25, 0.3) is 0 Å². The van der Waals surface area contributed by atoms with Crippen molar-refractivity contribution in [1.29, 1.82) is 15.8 Å². The summed E-state index contributed by atoms with van der Waals surface area (Å²) < 4.78 is 27.6.